The van der Waals surface area contributed by atoms with E-state index < -0.39 is 22.5 Å². The van der Waals surface area contributed by atoms with Crippen molar-refractivity contribution in [1.82, 2.24) is 4.90 Å². The third-order valence-electron chi connectivity index (χ3n) is 11.2. The van der Waals surface area contributed by atoms with E-state index in [1.165, 1.54) is 27.5 Å². The van der Waals surface area contributed by atoms with Gasteiger partial charge >= 0.3 is 0 Å². The number of likely N-dealkylation sites (tertiary alicyclic amines) is 1. The second-order valence-electron chi connectivity index (χ2n) is 13.2. The zero-order valence-electron chi connectivity index (χ0n) is 23.2. The molecule has 1 saturated heterocycles. The van der Waals surface area contributed by atoms with Gasteiger partial charge in [-0.2, -0.15) is 0 Å². The van der Waals surface area contributed by atoms with Gasteiger partial charge < -0.3 is 19.5 Å². The van der Waals surface area contributed by atoms with Gasteiger partial charge in [-0.15, -0.1) is 0 Å². The molecule has 2 bridgehead atoms. The zero-order valence-corrected chi connectivity index (χ0v) is 23.2. The number of ether oxygens (including phenoxy) is 2. The highest BCUT2D eigenvalue weighted by molar-refractivity contribution is 5.96. The van der Waals surface area contributed by atoms with Crippen molar-refractivity contribution in [3.8, 4) is 11.5 Å². The van der Waals surface area contributed by atoms with E-state index in [-0.39, 0.29) is 11.8 Å². The van der Waals surface area contributed by atoms with Crippen molar-refractivity contribution in [2.24, 2.45) is 5.41 Å². The lowest BCUT2D eigenvalue weighted by molar-refractivity contribution is -0.206. The van der Waals surface area contributed by atoms with Crippen LogP contribution >= 0.6 is 0 Å². The van der Waals surface area contributed by atoms with Crippen molar-refractivity contribution in [3.63, 3.8) is 0 Å². The molecule has 2 heterocycles. The Balaban J connectivity index is 1.17. The van der Waals surface area contributed by atoms with E-state index in [9.17, 15) is 9.90 Å². The smallest absolute Gasteiger partial charge is 0.181 e. The Morgan fingerprint density at radius 3 is 2.39 bits per heavy atom. The van der Waals surface area contributed by atoms with E-state index in [1.807, 2.05) is 36.4 Å². The van der Waals surface area contributed by atoms with Crippen LogP contribution in [0.25, 0.3) is 10.8 Å². The Morgan fingerprint density at radius 1 is 0.951 bits per heavy atom. The van der Waals surface area contributed by atoms with Gasteiger partial charge in [0.1, 0.15) is 6.61 Å². The summed E-state index contributed by atoms with van der Waals surface area (Å²) in [4.78, 5) is 17.2. The molecule has 4 aromatic carbocycles. The fourth-order valence-electron chi connectivity index (χ4n) is 9.39. The largest absolute Gasteiger partial charge is 0.485 e. The van der Waals surface area contributed by atoms with Crippen LogP contribution in [0.4, 0.5) is 0 Å². The van der Waals surface area contributed by atoms with Crippen LogP contribution in [0.15, 0.2) is 78.9 Å². The molecule has 1 saturated carbocycles. The van der Waals surface area contributed by atoms with Crippen molar-refractivity contribution < 1.29 is 19.4 Å². The number of hydrogen-bond acceptors (Lipinski definition) is 5. The normalized spacial score (nSPS) is 30.2. The molecule has 2 aliphatic heterocycles. The van der Waals surface area contributed by atoms with Crippen LogP contribution < -0.4 is 9.47 Å². The lowest BCUT2D eigenvalue weighted by atomic mass is 9.44. The molecule has 0 aromatic heterocycles. The minimum atomic E-state index is -1.07. The molecule has 0 unspecified atom stereocenters. The summed E-state index contributed by atoms with van der Waals surface area (Å²) in [6.07, 6.45) is 2.50. The average Bonchev–Trinajstić information content (AvgIpc) is 3.52. The molecule has 1 N–H and O–H groups in total. The van der Waals surface area contributed by atoms with E-state index in [0.717, 1.165) is 24.1 Å². The van der Waals surface area contributed by atoms with E-state index in [0.29, 0.717) is 43.8 Å². The van der Waals surface area contributed by atoms with E-state index in [2.05, 4.69) is 54.4 Å². The Labute approximate surface area is 239 Å². The first-order chi connectivity index (χ1) is 19.9. The summed E-state index contributed by atoms with van der Waals surface area (Å²) < 4.78 is 13.2. The fourth-order valence-corrected chi connectivity index (χ4v) is 9.39. The van der Waals surface area contributed by atoms with Crippen molar-refractivity contribution >= 4 is 16.6 Å². The number of nitrogens with zero attached hydrogens (tertiary/aromatic N) is 1. The van der Waals surface area contributed by atoms with Gasteiger partial charge in [0.15, 0.2) is 23.4 Å². The van der Waals surface area contributed by atoms with Crippen molar-refractivity contribution in [1.29, 1.82) is 0 Å². The summed E-state index contributed by atoms with van der Waals surface area (Å²) in [6.45, 7) is 1.25. The van der Waals surface area contributed by atoms with Gasteiger partial charge in [-0.1, -0.05) is 72.8 Å². The van der Waals surface area contributed by atoms with Crippen molar-refractivity contribution in [2.75, 3.05) is 13.6 Å². The average molecular weight is 544 g/mol. The zero-order chi connectivity index (χ0) is 27.6. The molecule has 206 valence electrons. The molecule has 4 atom stereocenters. The van der Waals surface area contributed by atoms with Crippen LogP contribution in [-0.2, 0) is 36.1 Å². The quantitative estimate of drug-likeness (QED) is 0.387. The number of benzene rings is 4. The maximum Gasteiger partial charge on any atom is 0.181 e. The highest BCUT2D eigenvalue weighted by atomic mass is 16.5. The van der Waals surface area contributed by atoms with Crippen LogP contribution in [-0.4, -0.2) is 47.1 Å². The maximum atomic E-state index is 14.9. The Morgan fingerprint density at radius 2 is 1.66 bits per heavy atom. The minimum Gasteiger partial charge on any atom is -0.485 e. The third kappa shape index (κ3) is 2.96. The molecule has 2 spiro atoms. The summed E-state index contributed by atoms with van der Waals surface area (Å²) >= 11 is 0. The monoisotopic (exact) mass is 543 g/mol. The highest BCUT2D eigenvalue weighted by Crippen LogP contribution is 2.68. The van der Waals surface area contributed by atoms with Gasteiger partial charge in [-0.25, -0.2) is 0 Å². The molecule has 3 aliphatic carbocycles. The standard InChI is InChI=1S/C36H33NO4/c1-37-14-13-35-30-25-11-12-28(40-20-22-7-3-2-4-8-22)31(30)41-33(35)32(38)34(21-36(35,39)29(37)17-25)18-26-15-23-9-5-6-10-24(23)16-27(26)19-34/h2-12,15-16,29,33,39H,13-14,17-21H2,1H3/t29-,33+,35+,36-/m1/s1. The number of piperidine rings is 1. The number of Topliss-reactive ketones (excluding diaryl/α,β-unsaturated/α-hetero) is 1. The fraction of sp³-hybridized carbons (Fsp3) is 0.361. The van der Waals surface area contributed by atoms with Gasteiger partial charge in [0, 0.05) is 17.0 Å². The summed E-state index contributed by atoms with van der Waals surface area (Å²) in [6, 6.07) is 27.1. The number of likely N-dealkylation sites (N-methyl/N-ethyl adjacent to an activating group) is 1. The van der Waals surface area contributed by atoms with Crippen LogP contribution in [0.2, 0.25) is 0 Å². The van der Waals surface area contributed by atoms with Gasteiger partial charge in [0.25, 0.3) is 0 Å². The summed E-state index contributed by atoms with van der Waals surface area (Å²) in [5.41, 5.74) is 3.25. The van der Waals surface area contributed by atoms with E-state index >= 15 is 0 Å². The number of aliphatic hydroxyl groups is 1. The van der Waals surface area contributed by atoms with Crippen molar-refractivity contribution in [3.05, 3.63) is 107 Å². The van der Waals surface area contributed by atoms with Gasteiger partial charge in [0.05, 0.1) is 11.0 Å². The lowest BCUT2D eigenvalue weighted by Gasteiger charge is -2.64. The molecule has 5 nitrogen and oxygen atoms in total. The maximum absolute atomic E-state index is 14.9. The predicted molar refractivity (Wildman–Crippen MR) is 156 cm³/mol. The third-order valence-corrected chi connectivity index (χ3v) is 11.2. The first-order valence-electron chi connectivity index (χ1n) is 14.9. The molecule has 0 amide bonds. The summed E-state index contributed by atoms with van der Waals surface area (Å²) in [5.74, 6) is 1.50. The highest BCUT2D eigenvalue weighted by Gasteiger charge is 2.77. The molecule has 2 fully saturated rings. The second-order valence-corrected chi connectivity index (χ2v) is 13.2. The number of rotatable bonds is 3. The topological polar surface area (TPSA) is 59.0 Å². The Bertz CT molecular complexity index is 1720. The molecule has 4 aromatic rings. The van der Waals surface area contributed by atoms with Crippen LogP contribution in [0, 0.1) is 5.41 Å². The number of carbonyl (C=O) groups is 1. The van der Waals surface area contributed by atoms with Crippen LogP contribution in [0.1, 0.15) is 40.7 Å². The first-order valence-corrected chi connectivity index (χ1v) is 14.9. The molecular weight excluding hydrogens is 510 g/mol. The van der Waals surface area contributed by atoms with E-state index in [4.69, 9.17) is 9.47 Å². The molecule has 5 aliphatic rings. The van der Waals surface area contributed by atoms with Crippen molar-refractivity contribution in [2.45, 2.75) is 61.9 Å². The minimum absolute atomic E-state index is 0.0651. The summed E-state index contributed by atoms with van der Waals surface area (Å²) in [5, 5.41) is 15.5. The molecule has 41 heavy (non-hydrogen) atoms. The molecule has 0 radical (unpaired) electrons. The number of carbonyl (C=O) groups excluding carboxylic acids is 1. The van der Waals surface area contributed by atoms with Gasteiger partial charge in [-0.3, -0.25) is 4.79 Å². The lowest BCUT2D eigenvalue weighted by Crippen LogP contribution is -2.79. The van der Waals surface area contributed by atoms with Crippen LogP contribution in [0.5, 0.6) is 11.5 Å². The summed E-state index contributed by atoms with van der Waals surface area (Å²) in [7, 11) is 2.13. The SMILES string of the molecule is CN1CC[C@]23c4c5ccc(OCc6ccccc6)c4O[C@H]2C(=O)C2(Cc4cc6ccccc6cc4C2)C[C@@]3(O)[C@H]1C5. The molecular formula is C36H33NO4. The van der Waals surface area contributed by atoms with Gasteiger partial charge in [0.2, 0.25) is 0 Å². The Hall–Kier alpha value is -3.67. The molecule has 9 rings (SSSR count). The number of hydrogen-bond donors (Lipinski definition) is 1. The predicted octanol–water partition coefficient (Wildman–Crippen LogP) is 5.17. The second kappa shape index (κ2) is 7.99. The van der Waals surface area contributed by atoms with E-state index in [1.54, 1.807) is 0 Å². The first kappa shape index (κ1) is 24.0. The van der Waals surface area contributed by atoms with Crippen LogP contribution in [0.3, 0.4) is 0 Å². The number of fused-ring (bicyclic) bond motifs is 2. The van der Waals surface area contributed by atoms with Gasteiger partial charge in [-0.05, 0) is 84.8 Å². The molecule has 5 heteroatoms. The Kier molecular flexibility index (Phi) is 4.67. The number of ketones is 1.